The Morgan fingerprint density at radius 2 is 2.12 bits per heavy atom. The van der Waals surface area contributed by atoms with Crippen molar-refractivity contribution in [2.24, 2.45) is 0 Å². The van der Waals surface area contributed by atoms with E-state index in [9.17, 15) is 0 Å². The first kappa shape index (κ1) is 9.41. The SMILES string of the molecule is c1ncc(-c2cnnn2C2CCNC2)cn1. The van der Waals surface area contributed by atoms with Crippen LogP contribution in [0.5, 0.6) is 0 Å². The Balaban J connectivity index is 1.99. The molecule has 1 aliphatic rings. The van der Waals surface area contributed by atoms with Crippen LogP contribution < -0.4 is 5.32 Å². The van der Waals surface area contributed by atoms with Gasteiger partial charge in [0.05, 0.1) is 17.9 Å². The van der Waals surface area contributed by atoms with Crippen LogP contribution in [0.1, 0.15) is 12.5 Å². The largest absolute Gasteiger partial charge is 0.315 e. The predicted octanol–water partition coefficient (Wildman–Crippen LogP) is 0.269. The summed E-state index contributed by atoms with van der Waals surface area (Å²) in [4.78, 5) is 8.03. The standard InChI is InChI=1S/C10H12N6/c1-2-11-5-9(1)16-10(6-14-15-16)8-3-12-7-13-4-8/h3-4,6-7,9,11H,1-2,5H2. The van der Waals surface area contributed by atoms with Gasteiger partial charge in [0.1, 0.15) is 6.33 Å². The summed E-state index contributed by atoms with van der Waals surface area (Å²) in [6.45, 7) is 1.99. The number of hydrogen-bond acceptors (Lipinski definition) is 5. The van der Waals surface area contributed by atoms with Crippen LogP contribution in [-0.2, 0) is 0 Å². The van der Waals surface area contributed by atoms with Gasteiger partial charge in [0, 0.05) is 24.5 Å². The van der Waals surface area contributed by atoms with Crippen LogP contribution in [-0.4, -0.2) is 38.1 Å². The lowest BCUT2D eigenvalue weighted by atomic mass is 10.2. The van der Waals surface area contributed by atoms with Crippen molar-refractivity contribution in [3.8, 4) is 11.3 Å². The van der Waals surface area contributed by atoms with E-state index in [1.54, 1.807) is 18.6 Å². The van der Waals surface area contributed by atoms with Gasteiger partial charge in [-0.3, -0.25) is 0 Å². The van der Waals surface area contributed by atoms with Gasteiger partial charge in [0.15, 0.2) is 0 Å². The lowest BCUT2D eigenvalue weighted by Crippen LogP contribution is -2.15. The van der Waals surface area contributed by atoms with Gasteiger partial charge >= 0.3 is 0 Å². The maximum atomic E-state index is 4.15. The zero-order valence-corrected chi connectivity index (χ0v) is 8.74. The minimum Gasteiger partial charge on any atom is -0.315 e. The lowest BCUT2D eigenvalue weighted by molar-refractivity contribution is 0.480. The minimum atomic E-state index is 0.387. The topological polar surface area (TPSA) is 68.5 Å². The van der Waals surface area contributed by atoms with E-state index in [-0.39, 0.29) is 0 Å². The molecule has 1 unspecified atom stereocenters. The van der Waals surface area contributed by atoms with Gasteiger partial charge in [-0.15, -0.1) is 5.10 Å². The predicted molar refractivity (Wildman–Crippen MR) is 57.6 cm³/mol. The lowest BCUT2D eigenvalue weighted by Gasteiger charge is -2.11. The van der Waals surface area contributed by atoms with Gasteiger partial charge in [-0.1, -0.05) is 5.21 Å². The minimum absolute atomic E-state index is 0.387. The molecule has 0 bridgehead atoms. The summed E-state index contributed by atoms with van der Waals surface area (Å²) in [6.07, 6.45) is 7.94. The van der Waals surface area contributed by atoms with Crippen LogP contribution in [0.4, 0.5) is 0 Å². The van der Waals surface area contributed by atoms with Gasteiger partial charge in [0.2, 0.25) is 0 Å². The fourth-order valence-corrected chi connectivity index (χ4v) is 2.00. The molecular formula is C10H12N6. The normalized spacial score (nSPS) is 20.1. The first-order valence-corrected chi connectivity index (χ1v) is 5.31. The Bertz CT molecular complexity index is 459. The molecule has 0 spiro atoms. The highest BCUT2D eigenvalue weighted by atomic mass is 15.4. The Morgan fingerprint density at radius 3 is 2.88 bits per heavy atom. The molecule has 0 aromatic carbocycles. The quantitative estimate of drug-likeness (QED) is 0.780. The molecule has 1 atom stereocenters. The third-order valence-corrected chi connectivity index (χ3v) is 2.81. The molecule has 0 amide bonds. The summed E-state index contributed by atoms with van der Waals surface area (Å²) in [6, 6.07) is 0.387. The van der Waals surface area contributed by atoms with E-state index >= 15 is 0 Å². The second-order valence-electron chi connectivity index (χ2n) is 3.84. The Kier molecular flexibility index (Phi) is 2.34. The second-order valence-corrected chi connectivity index (χ2v) is 3.84. The molecule has 82 valence electrons. The molecule has 2 aromatic rings. The molecule has 6 heteroatoms. The van der Waals surface area contributed by atoms with Crippen LogP contribution in [0.25, 0.3) is 11.3 Å². The Morgan fingerprint density at radius 1 is 1.25 bits per heavy atom. The van der Waals surface area contributed by atoms with E-state index in [1.807, 2.05) is 4.68 Å². The summed E-state index contributed by atoms with van der Waals surface area (Å²) in [7, 11) is 0. The van der Waals surface area contributed by atoms with Gasteiger partial charge < -0.3 is 5.32 Å². The highest BCUT2D eigenvalue weighted by molar-refractivity contribution is 5.55. The van der Waals surface area contributed by atoms with E-state index < -0.39 is 0 Å². The van der Waals surface area contributed by atoms with Gasteiger partial charge in [-0.2, -0.15) is 0 Å². The van der Waals surface area contributed by atoms with Gasteiger partial charge in [0.25, 0.3) is 0 Å². The Hall–Kier alpha value is -1.82. The maximum Gasteiger partial charge on any atom is 0.115 e. The average Bonchev–Trinajstić information content (AvgIpc) is 3.01. The molecule has 0 radical (unpaired) electrons. The Labute approximate surface area is 92.7 Å². The van der Waals surface area contributed by atoms with Crippen molar-refractivity contribution in [2.45, 2.75) is 12.5 Å². The fraction of sp³-hybridized carbons (Fsp3) is 0.400. The number of aromatic nitrogens is 5. The molecule has 1 fully saturated rings. The maximum absolute atomic E-state index is 4.15. The molecule has 1 aliphatic heterocycles. The molecule has 2 aromatic heterocycles. The monoisotopic (exact) mass is 216 g/mol. The summed E-state index contributed by atoms with van der Waals surface area (Å²) >= 11 is 0. The molecule has 6 nitrogen and oxygen atoms in total. The van der Waals surface area contributed by atoms with Gasteiger partial charge in [-0.05, 0) is 13.0 Å². The molecule has 0 saturated carbocycles. The van der Waals surface area contributed by atoms with Crippen molar-refractivity contribution < 1.29 is 0 Å². The van der Waals surface area contributed by atoms with E-state index in [4.69, 9.17) is 0 Å². The smallest absolute Gasteiger partial charge is 0.115 e. The van der Waals surface area contributed by atoms with Crippen molar-refractivity contribution in [3.05, 3.63) is 24.9 Å². The van der Waals surface area contributed by atoms with Crippen molar-refractivity contribution in [2.75, 3.05) is 13.1 Å². The molecular weight excluding hydrogens is 204 g/mol. The van der Waals surface area contributed by atoms with E-state index in [2.05, 4.69) is 25.6 Å². The van der Waals surface area contributed by atoms with Crippen molar-refractivity contribution >= 4 is 0 Å². The fourth-order valence-electron chi connectivity index (χ4n) is 2.00. The zero-order valence-electron chi connectivity index (χ0n) is 8.74. The third kappa shape index (κ3) is 1.57. The van der Waals surface area contributed by atoms with Crippen LogP contribution in [0, 0.1) is 0 Å². The van der Waals surface area contributed by atoms with Crippen LogP contribution in [0.15, 0.2) is 24.9 Å². The molecule has 1 saturated heterocycles. The van der Waals surface area contributed by atoms with E-state index in [0.29, 0.717) is 6.04 Å². The molecule has 3 heterocycles. The number of hydrogen-bond donors (Lipinski definition) is 1. The van der Waals surface area contributed by atoms with Crippen molar-refractivity contribution in [1.82, 2.24) is 30.3 Å². The molecule has 1 N–H and O–H groups in total. The number of nitrogens with zero attached hydrogens (tertiary/aromatic N) is 5. The third-order valence-electron chi connectivity index (χ3n) is 2.81. The van der Waals surface area contributed by atoms with Crippen molar-refractivity contribution in [1.29, 1.82) is 0 Å². The van der Waals surface area contributed by atoms with Gasteiger partial charge in [-0.25, -0.2) is 14.6 Å². The van der Waals surface area contributed by atoms with E-state index in [0.717, 1.165) is 30.8 Å². The van der Waals surface area contributed by atoms with E-state index in [1.165, 1.54) is 6.33 Å². The average molecular weight is 216 g/mol. The first-order chi connectivity index (χ1) is 7.95. The number of rotatable bonds is 2. The van der Waals surface area contributed by atoms with Crippen molar-refractivity contribution in [3.63, 3.8) is 0 Å². The summed E-state index contributed by atoms with van der Waals surface area (Å²) in [5.41, 5.74) is 1.94. The zero-order chi connectivity index (χ0) is 10.8. The number of nitrogens with one attached hydrogen (secondary N) is 1. The summed E-state index contributed by atoms with van der Waals surface area (Å²) in [5, 5.41) is 11.4. The molecule has 3 rings (SSSR count). The highest BCUT2D eigenvalue weighted by Crippen LogP contribution is 2.22. The summed E-state index contributed by atoms with van der Waals surface area (Å²) < 4.78 is 1.96. The van der Waals surface area contributed by atoms with Crippen LogP contribution in [0.3, 0.4) is 0 Å². The first-order valence-electron chi connectivity index (χ1n) is 5.31. The molecule has 0 aliphatic carbocycles. The van der Waals surface area contributed by atoms with Crippen LogP contribution in [0.2, 0.25) is 0 Å². The summed E-state index contributed by atoms with van der Waals surface area (Å²) in [5.74, 6) is 0. The van der Waals surface area contributed by atoms with Crippen LogP contribution >= 0.6 is 0 Å². The second kappa shape index (κ2) is 3.97. The molecule has 16 heavy (non-hydrogen) atoms. The highest BCUT2D eigenvalue weighted by Gasteiger charge is 2.20.